The first-order valence-corrected chi connectivity index (χ1v) is 6.47. The Bertz CT molecular complexity index is 571. The lowest BCUT2D eigenvalue weighted by molar-refractivity contribution is 0.101. The number of carbonyl (C=O) groups is 1. The van der Waals surface area contributed by atoms with E-state index in [-0.39, 0.29) is 17.1 Å². The quantitative estimate of drug-likeness (QED) is 0.623. The van der Waals surface area contributed by atoms with Gasteiger partial charge in [0.2, 0.25) is 0 Å². The van der Waals surface area contributed by atoms with E-state index in [0.717, 1.165) is 16.7 Å². The number of hydrogen-bond acceptors (Lipinski definition) is 3. The van der Waals surface area contributed by atoms with Crippen LogP contribution in [0.1, 0.15) is 15.9 Å². The van der Waals surface area contributed by atoms with Crippen molar-refractivity contribution in [1.29, 1.82) is 0 Å². The van der Waals surface area contributed by atoms with Crippen LogP contribution in [0.25, 0.3) is 0 Å². The fraction of sp³-hybridized carbons (Fsp3) is 0.143. The molecule has 1 aromatic heterocycles. The topological polar surface area (TPSA) is 30.0 Å². The summed E-state index contributed by atoms with van der Waals surface area (Å²) in [6.07, 6.45) is 2.48. The average Bonchev–Trinajstić information content (AvgIpc) is 2.37. The van der Waals surface area contributed by atoms with Gasteiger partial charge in [-0.1, -0.05) is 17.7 Å². The zero-order valence-electron chi connectivity index (χ0n) is 9.89. The summed E-state index contributed by atoms with van der Waals surface area (Å²) in [4.78, 5) is 16.5. The molecule has 0 N–H and O–H groups in total. The van der Waals surface area contributed by atoms with Gasteiger partial charge >= 0.3 is 0 Å². The van der Waals surface area contributed by atoms with Gasteiger partial charge in [-0.05, 0) is 25.1 Å². The summed E-state index contributed by atoms with van der Waals surface area (Å²) in [5.74, 6) is -0.557. The molecule has 0 atom stereocenters. The lowest BCUT2D eigenvalue weighted by Crippen LogP contribution is -2.05. The molecule has 0 fully saturated rings. The minimum atomic E-state index is -0.563. The summed E-state index contributed by atoms with van der Waals surface area (Å²) >= 11 is 1.41. The molecule has 0 radical (unpaired) electrons. The molecule has 0 bridgehead atoms. The highest BCUT2D eigenvalue weighted by Gasteiger charge is 2.11. The lowest BCUT2D eigenvalue weighted by atomic mass is 10.2. The molecular weight excluding hydrogens is 249 g/mol. The van der Waals surface area contributed by atoms with Crippen LogP contribution >= 0.6 is 11.8 Å². The Labute approximate surface area is 109 Å². The summed E-state index contributed by atoms with van der Waals surface area (Å²) < 4.78 is 13.3. The second-order valence-electron chi connectivity index (χ2n) is 3.88. The number of Topliss-reactive ketones (excluding diaryl/α,β-unsaturated/α-hetero) is 1. The van der Waals surface area contributed by atoms with Crippen molar-refractivity contribution in [2.24, 2.45) is 0 Å². The Morgan fingerprint density at radius 1 is 1.39 bits per heavy atom. The first-order valence-electron chi connectivity index (χ1n) is 5.49. The number of benzene rings is 1. The molecule has 1 heterocycles. The van der Waals surface area contributed by atoms with Crippen LogP contribution in [0.4, 0.5) is 4.39 Å². The number of ketones is 1. The van der Waals surface area contributed by atoms with Crippen molar-refractivity contribution in [3.63, 3.8) is 0 Å². The molecule has 2 aromatic rings. The molecule has 92 valence electrons. The van der Waals surface area contributed by atoms with Crippen molar-refractivity contribution in [3.8, 4) is 0 Å². The van der Waals surface area contributed by atoms with Gasteiger partial charge < -0.3 is 0 Å². The Morgan fingerprint density at radius 3 is 2.94 bits per heavy atom. The minimum Gasteiger partial charge on any atom is -0.293 e. The van der Waals surface area contributed by atoms with Crippen molar-refractivity contribution in [2.75, 3.05) is 5.75 Å². The third-order valence-corrected chi connectivity index (χ3v) is 3.43. The molecule has 18 heavy (non-hydrogen) atoms. The molecule has 0 saturated heterocycles. The number of carbonyl (C=O) groups excluding carboxylic acids is 1. The number of nitrogens with zero attached hydrogens (tertiary/aromatic N) is 1. The van der Waals surface area contributed by atoms with Crippen LogP contribution in [0.3, 0.4) is 0 Å². The molecule has 0 unspecified atom stereocenters. The van der Waals surface area contributed by atoms with E-state index in [1.165, 1.54) is 24.0 Å². The van der Waals surface area contributed by atoms with Gasteiger partial charge in [0.1, 0.15) is 0 Å². The van der Waals surface area contributed by atoms with Crippen LogP contribution in [0.15, 0.2) is 47.6 Å². The molecule has 0 aliphatic heterocycles. The van der Waals surface area contributed by atoms with E-state index in [1.807, 2.05) is 31.2 Å². The van der Waals surface area contributed by atoms with Gasteiger partial charge in [0, 0.05) is 11.1 Å². The largest absolute Gasteiger partial charge is 0.293 e. The number of pyridine rings is 1. The van der Waals surface area contributed by atoms with Crippen LogP contribution < -0.4 is 0 Å². The molecule has 0 aliphatic rings. The van der Waals surface area contributed by atoms with Crippen LogP contribution in [0, 0.1) is 12.7 Å². The Hall–Kier alpha value is -1.68. The first-order chi connectivity index (χ1) is 8.66. The Balaban J connectivity index is 2.03. The van der Waals surface area contributed by atoms with Gasteiger partial charge in [0.05, 0.1) is 17.5 Å². The molecule has 0 saturated carbocycles. The van der Waals surface area contributed by atoms with Gasteiger partial charge in [0.15, 0.2) is 11.6 Å². The molecule has 0 spiro atoms. The zero-order valence-corrected chi connectivity index (χ0v) is 10.7. The fourth-order valence-electron chi connectivity index (χ4n) is 1.53. The van der Waals surface area contributed by atoms with Crippen LogP contribution in [0.2, 0.25) is 0 Å². The van der Waals surface area contributed by atoms with Crippen LogP contribution in [0.5, 0.6) is 0 Å². The molecule has 1 aromatic carbocycles. The number of aryl methyl sites for hydroxylation is 1. The summed E-state index contributed by atoms with van der Waals surface area (Å²) in [6, 6.07) is 9.28. The van der Waals surface area contributed by atoms with E-state index >= 15 is 0 Å². The second-order valence-corrected chi connectivity index (χ2v) is 4.93. The third-order valence-electron chi connectivity index (χ3n) is 2.43. The number of hydrogen-bond donors (Lipinski definition) is 0. The van der Waals surface area contributed by atoms with E-state index < -0.39 is 5.82 Å². The number of halogens is 1. The van der Waals surface area contributed by atoms with Crippen molar-refractivity contribution < 1.29 is 9.18 Å². The zero-order chi connectivity index (χ0) is 13.0. The molecule has 0 aliphatic carbocycles. The monoisotopic (exact) mass is 261 g/mol. The molecule has 4 heteroatoms. The normalized spacial score (nSPS) is 10.3. The highest BCUT2D eigenvalue weighted by Crippen LogP contribution is 2.20. The predicted octanol–water partition coefficient (Wildman–Crippen LogP) is 3.50. The SMILES string of the molecule is Cc1cccc(SCC(=O)c2ccncc2F)c1. The summed E-state index contributed by atoms with van der Waals surface area (Å²) in [5.41, 5.74) is 1.24. The average molecular weight is 261 g/mol. The lowest BCUT2D eigenvalue weighted by Gasteiger charge is -2.03. The van der Waals surface area contributed by atoms with Gasteiger partial charge in [0.25, 0.3) is 0 Å². The number of thioether (sulfide) groups is 1. The first kappa shape index (κ1) is 12.8. The number of rotatable bonds is 4. The summed E-state index contributed by atoms with van der Waals surface area (Å²) in [6.45, 7) is 1.99. The van der Waals surface area contributed by atoms with E-state index in [2.05, 4.69) is 4.98 Å². The maximum atomic E-state index is 13.3. The van der Waals surface area contributed by atoms with E-state index in [1.54, 1.807) is 0 Å². The Morgan fingerprint density at radius 2 is 2.22 bits per heavy atom. The standard InChI is InChI=1S/C14H12FNOS/c1-10-3-2-4-11(7-10)18-9-14(17)12-5-6-16-8-13(12)15/h2-8H,9H2,1H3. The van der Waals surface area contributed by atoms with E-state index in [0.29, 0.717) is 0 Å². The van der Waals surface area contributed by atoms with Gasteiger partial charge in [-0.25, -0.2) is 4.39 Å². The number of aromatic nitrogens is 1. The molecule has 2 nitrogen and oxygen atoms in total. The van der Waals surface area contributed by atoms with Gasteiger partial charge in [-0.2, -0.15) is 0 Å². The Kier molecular flexibility index (Phi) is 4.10. The van der Waals surface area contributed by atoms with Crippen molar-refractivity contribution >= 4 is 17.5 Å². The second kappa shape index (κ2) is 5.78. The van der Waals surface area contributed by atoms with Gasteiger partial charge in [-0.3, -0.25) is 9.78 Å². The van der Waals surface area contributed by atoms with Crippen molar-refractivity contribution in [1.82, 2.24) is 4.98 Å². The molecular formula is C14H12FNOS. The van der Waals surface area contributed by atoms with Crippen LogP contribution in [-0.4, -0.2) is 16.5 Å². The van der Waals surface area contributed by atoms with Crippen molar-refractivity contribution in [3.05, 3.63) is 59.7 Å². The van der Waals surface area contributed by atoms with E-state index in [9.17, 15) is 9.18 Å². The molecule has 2 rings (SSSR count). The smallest absolute Gasteiger partial charge is 0.176 e. The summed E-state index contributed by atoms with van der Waals surface area (Å²) in [7, 11) is 0. The van der Waals surface area contributed by atoms with Crippen LogP contribution in [-0.2, 0) is 0 Å². The maximum absolute atomic E-state index is 13.3. The summed E-state index contributed by atoms with van der Waals surface area (Å²) in [5, 5.41) is 0. The third kappa shape index (κ3) is 3.17. The highest BCUT2D eigenvalue weighted by atomic mass is 32.2. The fourth-order valence-corrected chi connectivity index (χ4v) is 2.43. The molecule has 0 amide bonds. The maximum Gasteiger partial charge on any atom is 0.176 e. The van der Waals surface area contributed by atoms with Gasteiger partial charge in [-0.15, -0.1) is 11.8 Å². The highest BCUT2D eigenvalue weighted by molar-refractivity contribution is 8.00. The predicted molar refractivity (Wildman–Crippen MR) is 70.4 cm³/mol. The van der Waals surface area contributed by atoms with Crippen molar-refractivity contribution in [2.45, 2.75) is 11.8 Å². The minimum absolute atomic E-state index is 0.102. The van der Waals surface area contributed by atoms with E-state index in [4.69, 9.17) is 0 Å².